The molecular weight excluding hydrogens is 296 g/mol. The van der Waals surface area contributed by atoms with Crippen molar-refractivity contribution in [1.29, 1.82) is 0 Å². The molecule has 0 aromatic heterocycles. The van der Waals surface area contributed by atoms with Gasteiger partial charge >= 0.3 is 0 Å². The molecule has 0 saturated heterocycles. The Morgan fingerprint density at radius 3 is 2.38 bits per heavy atom. The van der Waals surface area contributed by atoms with Gasteiger partial charge in [0.25, 0.3) is 5.69 Å². The molecule has 0 aliphatic heterocycles. The van der Waals surface area contributed by atoms with Crippen molar-refractivity contribution in [2.45, 2.75) is 13.0 Å². The third-order valence-corrected chi connectivity index (χ3v) is 3.19. The van der Waals surface area contributed by atoms with Crippen LogP contribution in [0.5, 0.6) is 11.5 Å². The first-order chi connectivity index (χ1) is 9.86. The van der Waals surface area contributed by atoms with Gasteiger partial charge in [0.15, 0.2) is 0 Å². The van der Waals surface area contributed by atoms with E-state index in [1.165, 1.54) is 36.4 Å². The van der Waals surface area contributed by atoms with E-state index in [1.807, 2.05) is 0 Å². The van der Waals surface area contributed by atoms with Crippen molar-refractivity contribution in [3.8, 4) is 11.5 Å². The van der Waals surface area contributed by atoms with Crippen LogP contribution in [0.4, 0.5) is 11.4 Å². The van der Waals surface area contributed by atoms with E-state index < -0.39 is 4.92 Å². The number of rotatable bonds is 4. The molecule has 3 N–H and O–H groups in total. The van der Waals surface area contributed by atoms with Crippen LogP contribution in [0.25, 0.3) is 0 Å². The maximum absolute atomic E-state index is 11.0. The van der Waals surface area contributed by atoms with Crippen molar-refractivity contribution < 1.29 is 15.1 Å². The average molecular weight is 309 g/mol. The van der Waals surface area contributed by atoms with Crippen LogP contribution in [0.1, 0.15) is 18.5 Å². The van der Waals surface area contributed by atoms with Crippen LogP contribution >= 0.6 is 11.6 Å². The first-order valence-corrected chi connectivity index (χ1v) is 6.48. The second kappa shape index (κ2) is 5.88. The number of halogens is 1. The number of hydrogen-bond donors (Lipinski definition) is 3. The number of phenolic OH excluding ortho intramolecular Hbond substituents is 2. The fraction of sp³-hybridized carbons (Fsp3) is 0.143. The van der Waals surface area contributed by atoms with E-state index in [2.05, 4.69) is 5.32 Å². The third-order valence-electron chi connectivity index (χ3n) is 2.95. The fourth-order valence-electron chi connectivity index (χ4n) is 1.97. The van der Waals surface area contributed by atoms with Crippen LogP contribution in [-0.2, 0) is 0 Å². The van der Waals surface area contributed by atoms with Crippen LogP contribution in [0.15, 0.2) is 36.4 Å². The molecule has 0 radical (unpaired) electrons. The zero-order valence-electron chi connectivity index (χ0n) is 11.1. The minimum atomic E-state index is -0.509. The summed E-state index contributed by atoms with van der Waals surface area (Å²) in [7, 11) is 0. The minimum Gasteiger partial charge on any atom is -0.508 e. The Kier molecular flexibility index (Phi) is 4.18. The van der Waals surface area contributed by atoms with Gasteiger partial charge in [0.2, 0.25) is 0 Å². The number of benzene rings is 2. The summed E-state index contributed by atoms with van der Waals surface area (Å²) in [6.45, 7) is 1.75. The lowest BCUT2D eigenvalue weighted by Gasteiger charge is -2.16. The highest BCUT2D eigenvalue weighted by Crippen LogP contribution is 2.32. The number of nitro benzene ring substituents is 1. The molecule has 21 heavy (non-hydrogen) atoms. The van der Waals surface area contributed by atoms with Crippen molar-refractivity contribution in [3.63, 3.8) is 0 Å². The number of aromatic hydroxyl groups is 2. The van der Waals surface area contributed by atoms with Gasteiger partial charge in [-0.1, -0.05) is 11.6 Å². The van der Waals surface area contributed by atoms with Gasteiger partial charge in [0.05, 0.1) is 4.92 Å². The molecule has 7 heteroatoms. The summed E-state index contributed by atoms with van der Waals surface area (Å²) < 4.78 is 0. The first-order valence-electron chi connectivity index (χ1n) is 6.10. The van der Waals surface area contributed by atoms with Crippen LogP contribution < -0.4 is 5.32 Å². The number of nitrogens with zero attached hydrogens (tertiary/aromatic N) is 1. The highest BCUT2D eigenvalue weighted by atomic mass is 35.5. The summed E-state index contributed by atoms with van der Waals surface area (Å²) in [5.74, 6) is -0.168. The quantitative estimate of drug-likeness (QED) is 0.589. The Labute approximate surface area is 125 Å². The summed E-state index contributed by atoms with van der Waals surface area (Å²) in [5, 5.41) is 33.3. The van der Waals surface area contributed by atoms with E-state index in [0.29, 0.717) is 10.6 Å². The lowest BCUT2D eigenvalue weighted by atomic mass is 10.1. The van der Waals surface area contributed by atoms with E-state index in [4.69, 9.17) is 11.6 Å². The summed E-state index contributed by atoms with van der Waals surface area (Å²) in [4.78, 5) is 10.5. The monoisotopic (exact) mass is 308 g/mol. The van der Waals surface area contributed by atoms with Crippen molar-refractivity contribution in [2.24, 2.45) is 0 Å². The molecule has 1 atom stereocenters. The molecule has 1 unspecified atom stereocenters. The van der Waals surface area contributed by atoms with Gasteiger partial charge in [-0.2, -0.15) is 0 Å². The van der Waals surface area contributed by atoms with Gasteiger partial charge in [-0.05, 0) is 36.8 Å². The van der Waals surface area contributed by atoms with Gasteiger partial charge in [-0.25, -0.2) is 0 Å². The van der Waals surface area contributed by atoms with Crippen molar-refractivity contribution in [2.75, 3.05) is 5.32 Å². The number of phenols is 2. The van der Waals surface area contributed by atoms with Crippen molar-refractivity contribution in [1.82, 2.24) is 0 Å². The van der Waals surface area contributed by atoms with Crippen molar-refractivity contribution in [3.05, 3.63) is 57.1 Å². The van der Waals surface area contributed by atoms with E-state index >= 15 is 0 Å². The van der Waals surface area contributed by atoms with Crippen LogP contribution in [0.2, 0.25) is 5.02 Å². The number of anilines is 1. The second-order valence-corrected chi connectivity index (χ2v) is 5.00. The second-order valence-electron chi connectivity index (χ2n) is 4.57. The largest absolute Gasteiger partial charge is 0.508 e. The minimum absolute atomic E-state index is 0.0840. The lowest BCUT2D eigenvalue weighted by Crippen LogP contribution is -2.08. The standard InChI is InChI=1S/C14H13ClN2O4/c1-8(9-4-11(18)7-12(19)5-9)16-13-6-10(15)2-3-14(13)17(20)21/h2-8,16,18-19H,1H3. The molecule has 0 spiro atoms. The Bertz CT molecular complexity index is 670. The Morgan fingerprint density at radius 1 is 1.19 bits per heavy atom. The van der Waals surface area contributed by atoms with Gasteiger partial charge < -0.3 is 15.5 Å². The molecule has 0 aliphatic carbocycles. The Hall–Kier alpha value is -2.47. The number of nitro groups is 1. The number of nitrogens with one attached hydrogen (secondary N) is 1. The predicted molar refractivity (Wildman–Crippen MR) is 79.9 cm³/mol. The molecule has 0 fully saturated rings. The summed E-state index contributed by atoms with van der Waals surface area (Å²) in [5.41, 5.74) is 0.750. The molecule has 0 amide bonds. The third kappa shape index (κ3) is 3.55. The van der Waals surface area contributed by atoms with E-state index in [1.54, 1.807) is 6.92 Å². The van der Waals surface area contributed by atoms with Gasteiger partial charge in [0, 0.05) is 23.2 Å². The van der Waals surface area contributed by atoms with Crippen LogP contribution in [0.3, 0.4) is 0 Å². The summed E-state index contributed by atoms with van der Waals surface area (Å²) in [6, 6.07) is 7.98. The topological polar surface area (TPSA) is 95.6 Å². The normalized spacial score (nSPS) is 11.9. The van der Waals surface area contributed by atoms with Crippen LogP contribution in [-0.4, -0.2) is 15.1 Å². The smallest absolute Gasteiger partial charge is 0.292 e. The first kappa shape index (κ1) is 14.9. The molecule has 6 nitrogen and oxygen atoms in total. The average Bonchev–Trinajstić information content (AvgIpc) is 2.37. The molecule has 0 aliphatic rings. The highest BCUT2D eigenvalue weighted by molar-refractivity contribution is 6.31. The molecule has 0 saturated carbocycles. The molecule has 2 rings (SSSR count). The fourth-order valence-corrected chi connectivity index (χ4v) is 2.14. The van der Waals surface area contributed by atoms with Gasteiger partial charge in [-0.3, -0.25) is 10.1 Å². The lowest BCUT2D eigenvalue weighted by molar-refractivity contribution is -0.384. The summed E-state index contributed by atoms with van der Waals surface area (Å²) in [6.07, 6.45) is 0. The maximum atomic E-state index is 11.0. The zero-order valence-corrected chi connectivity index (χ0v) is 11.8. The van der Waals surface area contributed by atoms with E-state index in [-0.39, 0.29) is 28.9 Å². The molecule has 110 valence electrons. The van der Waals surface area contributed by atoms with Gasteiger partial charge in [0.1, 0.15) is 17.2 Å². The van der Waals surface area contributed by atoms with Gasteiger partial charge in [-0.15, -0.1) is 0 Å². The predicted octanol–water partition coefficient (Wildman–Crippen LogP) is 3.83. The van der Waals surface area contributed by atoms with E-state index in [9.17, 15) is 20.3 Å². The molecule has 0 bridgehead atoms. The number of hydrogen-bond acceptors (Lipinski definition) is 5. The Morgan fingerprint density at radius 2 is 1.81 bits per heavy atom. The Balaban J connectivity index is 2.32. The van der Waals surface area contributed by atoms with Crippen LogP contribution in [0, 0.1) is 10.1 Å². The molecule has 0 heterocycles. The molecular formula is C14H13ClN2O4. The maximum Gasteiger partial charge on any atom is 0.292 e. The SMILES string of the molecule is CC(Nc1cc(Cl)ccc1[N+](=O)[O-])c1cc(O)cc(O)c1. The highest BCUT2D eigenvalue weighted by Gasteiger charge is 2.17. The molecule has 2 aromatic rings. The van der Waals surface area contributed by atoms with E-state index in [0.717, 1.165) is 0 Å². The summed E-state index contributed by atoms with van der Waals surface area (Å²) >= 11 is 5.86. The van der Waals surface area contributed by atoms with Crippen molar-refractivity contribution >= 4 is 23.0 Å². The molecule has 2 aromatic carbocycles. The zero-order chi connectivity index (χ0) is 15.6.